The first-order valence-corrected chi connectivity index (χ1v) is 8.92. The molecule has 2 rings (SSSR count). The molecule has 1 heterocycles. The molecule has 1 aliphatic heterocycles. The average Bonchev–Trinajstić information content (AvgIpc) is 2.48. The van der Waals surface area contributed by atoms with Gasteiger partial charge >= 0.3 is 0 Å². The number of amides is 1. The molecule has 22 heavy (non-hydrogen) atoms. The molecule has 2 N–H and O–H groups in total. The Kier molecular flexibility index (Phi) is 6.73. The lowest BCUT2D eigenvalue weighted by Gasteiger charge is -2.31. The maximum absolute atomic E-state index is 11.0. The highest BCUT2D eigenvalue weighted by Gasteiger charge is 2.18. The molecule has 0 saturated carbocycles. The molecule has 1 atom stereocenters. The van der Waals surface area contributed by atoms with Gasteiger partial charge in [0.2, 0.25) is 5.91 Å². The van der Waals surface area contributed by atoms with Crippen molar-refractivity contribution in [2.24, 2.45) is 5.92 Å². The van der Waals surface area contributed by atoms with Gasteiger partial charge in [-0.25, -0.2) is 0 Å². The molecule has 1 unspecified atom stereocenters. The highest BCUT2D eigenvalue weighted by Crippen LogP contribution is 2.22. The van der Waals surface area contributed by atoms with Crippen molar-refractivity contribution in [1.29, 1.82) is 0 Å². The molecule has 0 bridgehead atoms. The van der Waals surface area contributed by atoms with E-state index in [0.717, 1.165) is 36.1 Å². The van der Waals surface area contributed by atoms with Crippen LogP contribution in [0, 0.1) is 5.92 Å². The van der Waals surface area contributed by atoms with Gasteiger partial charge in [0, 0.05) is 29.8 Å². The van der Waals surface area contributed by atoms with Crippen molar-refractivity contribution in [3.05, 3.63) is 24.3 Å². The van der Waals surface area contributed by atoms with Gasteiger partial charge in [-0.15, -0.1) is 11.8 Å². The zero-order chi connectivity index (χ0) is 15.9. The van der Waals surface area contributed by atoms with Gasteiger partial charge < -0.3 is 15.3 Å². The van der Waals surface area contributed by atoms with Crippen LogP contribution in [0.4, 0.5) is 5.69 Å². The van der Waals surface area contributed by atoms with E-state index in [-0.39, 0.29) is 12.0 Å². The highest BCUT2D eigenvalue weighted by molar-refractivity contribution is 7.99. The number of nitrogens with zero attached hydrogens (tertiary/aromatic N) is 1. The number of hydrogen-bond acceptors (Lipinski definition) is 4. The van der Waals surface area contributed by atoms with Crippen molar-refractivity contribution in [1.82, 2.24) is 4.90 Å². The number of piperidine rings is 1. The second-order valence-electron chi connectivity index (χ2n) is 6.15. The first-order chi connectivity index (χ1) is 10.5. The van der Waals surface area contributed by atoms with Crippen molar-refractivity contribution >= 4 is 23.4 Å². The van der Waals surface area contributed by atoms with Crippen LogP contribution >= 0.6 is 11.8 Å². The number of β-amino-alcohol motifs (C(OH)–C–C–N with tert-alkyl or cyclic N) is 1. The summed E-state index contributed by atoms with van der Waals surface area (Å²) < 4.78 is 0. The lowest BCUT2D eigenvalue weighted by Crippen LogP contribution is -2.39. The normalized spacial score (nSPS) is 18.1. The van der Waals surface area contributed by atoms with Crippen LogP contribution in [0.5, 0.6) is 0 Å². The van der Waals surface area contributed by atoms with Gasteiger partial charge in [0.1, 0.15) is 0 Å². The summed E-state index contributed by atoms with van der Waals surface area (Å²) in [6.07, 6.45) is 2.18. The van der Waals surface area contributed by atoms with Crippen molar-refractivity contribution in [3.63, 3.8) is 0 Å². The van der Waals surface area contributed by atoms with E-state index in [1.807, 2.05) is 24.3 Å². The first kappa shape index (κ1) is 17.3. The minimum Gasteiger partial charge on any atom is -0.391 e. The summed E-state index contributed by atoms with van der Waals surface area (Å²) in [6.45, 7) is 6.78. The molecule has 0 aromatic heterocycles. The molecule has 0 radical (unpaired) electrons. The molecule has 0 aliphatic carbocycles. The molecule has 1 aromatic carbocycles. The Labute approximate surface area is 137 Å². The van der Waals surface area contributed by atoms with Crippen LogP contribution in [-0.2, 0) is 4.79 Å². The van der Waals surface area contributed by atoms with Crippen LogP contribution in [0.2, 0.25) is 0 Å². The number of benzene rings is 1. The summed E-state index contributed by atoms with van der Waals surface area (Å²) in [5, 5.41) is 12.9. The monoisotopic (exact) mass is 322 g/mol. The molecule has 1 saturated heterocycles. The van der Waals surface area contributed by atoms with E-state index >= 15 is 0 Å². The third-order valence-corrected chi connectivity index (χ3v) is 5.12. The maximum Gasteiger partial charge on any atom is 0.221 e. The van der Waals surface area contributed by atoms with Crippen molar-refractivity contribution < 1.29 is 9.90 Å². The Bertz CT molecular complexity index is 470. The number of likely N-dealkylation sites (tertiary alicyclic amines) is 1. The van der Waals surface area contributed by atoms with Crippen molar-refractivity contribution in [3.8, 4) is 0 Å². The summed E-state index contributed by atoms with van der Waals surface area (Å²) in [4.78, 5) is 14.4. The fraction of sp³-hybridized carbons (Fsp3) is 0.588. The average molecular weight is 322 g/mol. The quantitative estimate of drug-likeness (QED) is 0.791. The second kappa shape index (κ2) is 8.56. The summed E-state index contributed by atoms with van der Waals surface area (Å²) in [5.41, 5.74) is 0.805. The summed E-state index contributed by atoms with van der Waals surface area (Å²) >= 11 is 1.66. The van der Waals surface area contributed by atoms with Crippen LogP contribution in [-0.4, -0.2) is 47.4 Å². The van der Waals surface area contributed by atoms with E-state index in [4.69, 9.17) is 0 Å². The van der Waals surface area contributed by atoms with Crippen molar-refractivity contribution in [2.75, 3.05) is 30.7 Å². The number of rotatable bonds is 6. The van der Waals surface area contributed by atoms with Gasteiger partial charge in [-0.2, -0.15) is 0 Å². The van der Waals surface area contributed by atoms with E-state index < -0.39 is 0 Å². The number of nitrogens with one attached hydrogen (secondary N) is 1. The van der Waals surface area contributed by atoms with Crippen LogP contribution < -0.4 is 5.32 Å². The smallest absolute Gasteiger partial charge is 0.221 e. The molecule has 122 valence electrons. The lowest BCUT2D eigenvalue weighted by atomic mass is 9.99. The van der Waals surface area contributed by atoms with Gasteiger partial charge in [0.05, 0.1) is 6.10 Å². The third-order valence-electron chi connectivity index (χ3n) is 3.96. The number of anilines is 1. The topological polar surface area (TPSA) is 52.6 Å². The first-order valence-electron chi connectivity index (χ1n) is 7.94. The molecule has 4 nitrogen and oxygen atoms in total. The van der Waals surface area contributed by atoms with E-state index in [1.165, 1.54) is 19.8 Å². The van der Waals surface area contributed by atoms with Gasteiger partial charge in [0.15, 0.2) is 0 Å². The predicted molar refractivity (Wildman–Crippen MR) is 92.3 cm³/mol. The van der Waals surface area contributed by atoms with E-state index in [1.54, 1.807) is 11.8 Å². The Morgan fingerprint density at radius 1 is 1.36 bits per heavy atom. The molecule has 0 spiro atoms. The minimum atomic E-state index is -0.298. The molecular formula is C17H26N2O2S. The third kappa shape index (κ3) is 5.99. The number of carbonyl (C=O) groups is 1. The van der Waals surface area contributed by atoms with Crippen LogP contribution in [0.15, 0.2) is 29.2 Å². The molecule has 1 fully saturated rings. The standard InChI is InChI=1S/C17H26N2O2S/c1-13-7-9-19(10-8-13)11-16(21)12-22-17-5-3-15(4-6-17)18-14(2)20/h3-6,13,16,21H,7-12H2,1-2H3,(H,18,20). The van der Waals surface area contributed by atoms with Crippen molar-refractivity contribution in [2.45, 2.75) is 37.7 Å². The van der Waals surface area contributed by atoms with Gasteiger partial charge in [-0.1, -0.05) is 6.92 Å². The van der Waals surface area contributed by atoms with Crippen LogP contribution in [0.3, 0.4) is 0 Å². The Morgan fingerprint density at radius 2 is 2.00 bits per heavy atom. The molecular weight excluding hydrogens is 296 g/mol. The van der Waals surface area contributed by atoms with Gasteiger partial charge in [-0.05, 0) is 56.1 Å². The fourth-order valence-electron chi connectivity index (χ4n) is 2.63. The largest absolute Gasteiger partial charge is 0.391 e. The summed E-state index contributed by atoms with van der Waals surface area (Å²) in [6, 6.07) is 7.74. The van der Waals surface area contributed by atoms with E-state index in [2.05, 4.69) is 17.1 Å². The molecule has 1 aliphatic rings. The van der Waals surface area contributed by atoms with E-state index in [0.29, 0.717) is 5.75 Å². The summed E-state index contributed by atoms with van der Waals surface area (Å²) in [5.74, 6) is 1.46. The maximum atomic E-state index is 11.0. The number of aliphatic hydroxyl groups excluding tert-OH is 1. The van der Waals surface area contributed by atoms with Crippen LogP contribution in [0.1, 0.15) is 26.7 Å². The van der Waals surface area contributed by atoms with E-state index in [9.17, 15) is 9.90 Å². The predicted octanol–water partition coefficient (Wildman–Crippen LogP) is 2.83. The molecule has 1 amide bonds. The zero-order valence-electron chi connectivity index (χ0n) is 13.4. The zero-order valence-corrected chi connectivity index (χ0v) is 14.2. The highest BCUT2D eigenvalue weighted by atomic mass is 32.2. The van der Waals surface area contributed by atoms with Gasteiger partial charge in [-0.3, -0.25) is 4.79 Å². The second-order valence-corrected chi connectivity index (χ2v) is 7.25. The molecule has 5 heteroatoms. The lowest BCUT2D eigenvalue weighted by molar-refractivity contribution is -0.114. The SMILES string of the molecule is CC(=O)Nc1ccc(SCC(O)CN2CCC(C)CC2)cc1. The Balaban J connectivity index is 1.71. The number of thioether (sulfide) groups is 1. The fourth-order valence-corrected chi connectivity index (χ4v) is 3.44. The van der Waals surface area contributed by atoms with Crippen LogP contribution in [0.25, 0.3) is 0 Å². The number of carbonyl (C=O) groups excluding carboxylic acids is 1. The Hall–Kier alpha value is -1.04. The number of hydrogen-bond donors (Lipinski definition) is 2. The Morgan fingerprint density at radius 3 is 2.59 bits per heavy atom. The number of aliphatic hydroxyl groups is 1. The minimum absolute atomic E-state index is 0.0633. The molecule has 1 aromatic rings. The van der Waals surface area contributed by atoms with Gasteiger partial charge in [0.25, 0.3) is 0 Å². The summed E-state index contributed by atoms with van der Waals surface area (Å²) in [7, 11) is 0.